The Kier molecular flexibility index (Phi) is 4.11. The van der Waals surface area contributed by atoms with Crippen molar-refractivity contribution < 1.29 is 14.3 Å². The summed E-state index contributed by atoms with van der Waals surface area (Å²) < 4.78 is 13.8. The molecule has 1 aliphatic heterocycles. The van der Waals surface area contributed by atoms with Crippen molar-refractivity contribution in [2.45, 2.75) is 31.8 Å². The third-order valence-corrected chi connectivity index (χ3v) is 3.82. The monoisotopic (exact) mass is 285 g/mol. The second-order valence-electron chi connectivity index (χ2n) is 5.24. The molecule has 0 aromatic heterocycles. The average Bonchev–Trinajstić information content (AvgIpc) is 2.53. The van der Waals surface area contributed by atoms with Crippen molar-refractivity contribution in [2.24, 2.45) is 0 Å². The summed E-state index contributed by atoms with van der Waals surface area (Å²) in [7, 11) is 0. The van der Waals surface area contributed by atoms with Crippen LogP contribution in [0.25, 0.3) is 0 Å². The topological polar surface area (TPSA) is 40.5 Å². The fourth-order valence-corrected chi connectivity index (χ4v) is 2.48. The van der Waals surface area contributed by atoms with Crippen LogP contribution in [0.2, 0.25) is 5.02 Å². The van der Waals surface area contributed by atoms with E-state index >= 15 is 0 Å². The maximum absolute atomic E-state index is 13.8. The quantitative estimate of drug-likeness (QED) is 0.862. The van der Waals surface area contributed by atoms with Gasteiger partial charge in [-0.15, -0.1) is 0 Å². The van der Waals surface area contributed by atoms with Crippen molar-refractivity contribution in [3.05, 3.63) is 34.6 Å². The number of carbonyl (C=O) groups is 1. The van der Waals surface area contributed by atoms with E-state index in [1.807, 2.05) is 0 Å². The van der Waals surface area contributed by atoms with Crippen LogP contribution in [0, 0.1) is 5.82 Å². The molecule has 104 valence electrons. The standard InChI is InChI=1S/C14H17ClFNO2/c1-14(19)6-3-8-17(9-7-14)13(18)10-4-2-5-11(15)12(10)16/h2,4-5,19H,3,6-9H2,1H3. The summed E-state index contributed by atoms with van der Waals surface area (Å²) in [5.74, 6) is -1.04. The summed E-state index contributed by atoms with van der Waals surface area (Å²) in [5.41, 5.74) is -0.754. The van der Waals surface area contributed by atoms with Crippen molar-refractivity contribution in [3.63, 3.8) is 0 Å². The van der Waals surface area contributed by atoms with Crippen LogP contribution >= 0.6 is 11.6 Å². The Bertz CT molecular complexity index is 490. The second-order valence-corrected chi connectivity index (χ2v) is 5.65. The lowest BCUT2D eigenvalue weighted by molar-refractivity contribution is 0.0437. The zero-order valence-electron chi connectivity index (χ0n) is 10.8. The van der Waals surface area contributed by atoms with E-state index in [1.54, 1.807) is 17.9 Å². The summed E-state index contributed by atoms with van der Waals surface area (Å²) in [6, 6.07) is 4.42. The molecular formula is C14H17ClFNO2. The first-order valence-corrected chi connectivity index (χ1v) is 6.74. The fraction of sp³-hybridized carbons (Fsp3) is 0.500. The number of carbonyl (C=O) groups excluding carboxylic acids is 1. The largest absolute Gasteiger partial charge is 0.390 e. The summed E-state index contributed by atoms with van der Waals surface area (Å²) in [6.45, 7) is 2.72. The van der Waals surface area contributed by atoms with Gasteiger partial charge >= 0.3 is 0 Å². The maximum Gasteiger partial charge on any atom is 0.256 e. The molecule has 1 fully saturated rings. The highest BCUT2D eigenvalue weighted by Crippen LogP contribution is 2.24. The SMILES string of the molecule is CC1(O)CCCN(C(=O)c2cccc(Cl)c2F)CC1. The molecule has 3 nitrogen and oxygen atoms in total. The molecule has 1 aromatic carbocycles. The molecule has 19 heavy (non-hydrogen) atoms. The molecule has 1 saturated heterocycles. The molecule has 1 atom stereocenters. The zero-order chi connectivity index (χ0) is 14.0. The summed E-state index contributed by atoms with van der Waals surface area (Å²) in [4.78, 5) is 13.9. The van der Waals surface area contributed by atoms with Crippen LogP contribution in [0.4, 0.5) is 4.39 Å². The van der Waals surface area contributed by atoms with Crippen molar-refractivity contribution >= 4 is 17.5 Å². The van der Waals surface area contributed by atoms with Gasteiger partial charge in [0.1, 0.15) is 0 Å². The highest BCUT2D eigenvalue weighted by Gasteiger charge is 2.28. The van der Waals surface area contributed by atoms with Gasteiger partial charge in [0, 0.05) is 13.1 Å². The third-order valence-electron chi connectivity index (χ3n) is 3.53. The van der Waals surface area contributed by atoms with Crippen LogP contribution in [0.5, 0.6) is 0 Å². The van der Waals surface area contributed by atoms with E-state index in [0.717, 1.165) is 0 Å². The highest BCUT2D eigenvalue weighted by molar-refractivity contribution is 6.31. The Hall–Kier alpha value is -1.13. The van der Waals surface area contributed by atoms with Crippen LogP contribution in [-0.4, -0.2) is 34.6 Å². The summed E-state index contributed by atoms with van der Waals surface area (Å²) in [5, 5.41) is 9.94. The number of amides is 1. The number of aliphatic hydroxyl groups is 1. The Morgan fingerprint density at radius 1 is 1.42 bits per heavy atom. The van der Waals surface area contributed by atoms with Crippen LogP contribution < -0.4 is 0 Å². The van der Waals surface area contributed by atoms with Crippen LogP contribution in [-0.2, 0) is 0 Å². The van der Waals surface area contributed by atoms with E-state index < -0.39 is 11.4 Å². The van der Waals surface area contributed by atoms with Crippen LogP contribution in [0.3, 0.4) is 0 Å². The van der Waals surface area contributed by atoms with E-state index in [-0.39, 0.29) is 16.5 Å². The number of benzene rings is 1. The molecule has 1 heterocycles. The van der Waals surface area contributed by atoms with E-state index in [2.05, 4.69) is 0 Å². The molecular weight excluding hydrogens is 269 g/mol. The van der Waals surface area contributed by atoms with E-state index in [4.69, 9.17) is 11.6 Å². The molecule has 1 aliphatic rings. The lowest BCUT2D eigenvalue weighted by atomic mass is 9.98. The molecule has 0 saturated carbocycles. The normalized spacial score (nSPS) is 24.1. The molecule has 0 aliphatic carbocycles. The number of hydrogen-bond donors (Lipinski definition) is 1. The van der Waals surface area contributed by atoms with Crippen molar-refractivity contribution in [1.82, 2.24) is 4.90 Å². The molecule has 5 heteroatoms. The highest BCUT2D eigenvalue weighted by atomic mass is 35.5. The smallest absolute Gasteiger partial charge is 0.256 e. The van der Waals surface area contributed by atoms with Crippen molar-refractivity contribution in [3.8, 4) is 0 Å². The number of halogens is 2. The molecule has 0 radical (unpaired) electrons. The minimum Gasteiger partial charge on any atom is -0.390 e. The first kappa shape index (κ1) is 14.3. The van der Waals surface area contributed by atoms with Gasteiger partial charge in [0.25, 0.3) is 5.91 Å². The first-order valence-electron chi connectivity index (χ1n) is 6.36. The van der Waals surface area contributed by atoms with Gasteiger partial charge in [-0.3, -0.25) is 4.79 Å². The first-order chi connectivity index (χ1) is 8.91. The van der Waals surface area contributed by atoms with Gasteiger partial charge in [-0.2, -0.15) is 0 Å². The number of likely N-dealkylation sites (tertiary alicyclic amines) is 1. The molecule has 0 spiro atoms. The molecule has 1 N–H and O–H groups in total. The minimum absolute atomic E-state index is 0.00552. The second kappa shape index (κ2) is 5.47. The van der Waals surface area contributed by atoms with Gasteiger partial charge in [-0.25, -0.2) is 4.39 Å². The molecule has 0 bridgehead atoms. The lowest BCUT2D eigenvalue weighted by Gasteiger charge is -2.22. The van der Waals surface area contributed by atoms with Gasteiger partial charge < -0.3 is 10.0 Å². The van der Waals surface area contributed by atoms with Crippen molar-refractivity contribution in [2.75, 3.05) is 13.1 Å². The average molecular weight is 286 g/mol. The minimum atomic E-state index is -0.748. The predicted molar refractivity (Wildman–Crippen MR) is 71.8 cm³/mol. The summed E-state index contributed by atoms with van der Waals surface area (Å²) in [6.07, 6.45) is 1.86. The fourth-order valence-electron chi connectivity index (χ4n) is 2.31. The van der Waals surface area contributed by atoms with Gasteiger partial charge in [0.05, 0.1) is 16.2 Å². The zero-order valence-corrected chi connectivity index (χ0v) is 11.6. The Labute approximate surface area is 117 Å². The molecule has 1 amide bonds. The Morgan fingerprint density at radius 3 is 2.89 bits per heavy atom. The Balaban J connectivity index is 2.18. The number of hydrogen-bond acceptors (Lipinski definition) is 2. The molecule has 2 rings (SSSR count). The van der Waals surface area contributed by atoms with Gasteiger partial charge in [-0.05, 0) is 38.3 Å². The Morgan fingerprint density at radius 2 is 2.16 bits per heavy atom. The molecule has 1 aromatic rings. The third kappa shape index (κ3) is 3.25. The lowest BCUT2D eigenvalue weighted by Crippen LogP contribution is -2.34. The maximum atomic E-state index is 13.8. The van der Waals surface area contributed by atoms with Gasteiger partial charge in [0.15, 0.2) is 5.82 Å². The number of nitrogens with zero attached hydrogens (tertiary/aromatic N) is 1. The van der Waals surface area contributed by atoms with Crippen molar-refractivity contribution in [1.29, 1.82) is 0 Å². The van der Waals surface area contributed by atoms with E-state index in [9.17, 15) is 14.3 Å². The van der Waals surface area contributed by atoms with Gasteiger partial charge in [0.2, 0.25) is 0 Å². The number of rotatable bonds is 1. The molecule has 1 unspecified atom stereocenters. The van der Waals surface area contributed by atoms with E-state index in [0.29, 0.717) is 32.4 Å². The summed E-state index contributed by atoms with van der Waals surface area (Å²) >= 11 is 5.69. The van der Waals surface area contributed by atoms with Crippen LogP contribution in [0.1, 0.15) is 36.5 Å². The van der Waals surface area contributed by atoms with Crippen LogP contribution in [0.15, 0.2) is 18.2 Å². The van der Waals surface area contributed by atoms with Gasteiger partial charge in [-0.1, -0.05) is 17.7 Å². The van der Waals surface area contributed by atoms with E-state index in [1.165, 1.54) is 12.1 Å². The predicted octanol–water partition coefficient (Wildman–Crippen LogP) is 2.86.